The number of rotatable bonds is 2. The Hall–Kier alpha value is -0.740. The molecule has 21 heavy (non-hydrogen) atoms. The largest absolute Gasteiger partial charge is 0.327 e. The van der Waals surface area contributed by atoms with E-state index in [2.05, 4.69) is 28.8 Å². The lowest BCUT2D eigenvalue weighted by atomic mass is 9.64. The van der Waals surface area contributed by atoms with Crippen LogP contribution in [0.25, 0.3) is 0 Å². The molecule has 2 fully saturated rings. The predicted molar refractivity (Wildman–Crippen MR) is 89.9 cm³/mol. The highest BCUT2D eigenvalue weighted by atomic mass is 32.9. The van der Waals surface area contributed by atoms with Gasteiger partial charge in [0.1, 0.15) is 15.8 Å². The standard InChI is InChI=1S/C15H15N2OPS2/c1-19(20)18-14(12-6-2-4-10-16-12)8-9-15(14,21-19)13-7-3-5-11-17-13/h2-7,10-11H,8-9H2,1H3/t14-,15+,19?/m1/s1. The first kappa shape index (κ1) is 13.9. The molecule has 0 amide bonds. The van der Waals surface area contributed by atoms with E-state index in [1.165, 1.54) is 0 Å². The molecule has 0 spiro atoms. The highest BCUT2D eigenvalue weighted by molar-refractivity contribution is 8.69. The van der Waals surface area contributed by atoms with E-state index in [9.17, 15) is 0 Å². The van der Waals surface area contributed by atoms with Gasteiger partial charge in [0.2, 0.25) is 0 Å². The Bertz CT molecular complexity index is 667. The van der Waals surface area contributed by atoms with Crippen LogP contribution in [-0.4, -0.2) is 16.6 Å². The van der Waals surface area contributed by atoms with Gasteiger partial charge < -0.3 is 4.52 Å². The maximum absolute atomic E-state index is 6.47. The van der Waals surface area contributed by atoms with E-state index in [0.29, 0.717) is 0 Å². The van der Waals surface area contributed by atoms with Crippen LogP contribution >= 0.6 is 16.8 Å². The maximum Gasteiger partial charge on any atom is 0.137 e. The van der Waals surface area contributed by atoms with Crippen molar-refractivity contribution in [2.45, 2.75) is 23.2 Å². The molecule has 2 aromatic rings. The zero-order valence-corrected chi connectivity index (χ0v) is 14.1. The van der Waals surface area contributed by atoms with Gasteiger partial charge in [-0.2, -0.15) is 0 Å². The van der Waals surface area contributed by atoms with Gasteiger partial charge in [0.15, 0.2) is 0 Å². The van der Waals surface area contributed by atoms with E-state index in [-0.39, 0.29) is 4.75 Å². The second-order valence-corrected chi connectivity index (χ2v) is 13.6. The first-order valence-corrected chi connectivity index (χ1v) is 11.5. The van der Waals surface area contributed by atoms with Crippen molar-refractivity contribution in [3.05, 3.63) is 60.2 Å². The number of nitrogens with zero attached hydrogens (tertiary/aromatic N) is 2. The lowest BCUT2D eigenvalue weighted by Crippen LogP contribution is -2.54. The van der Waals surface area contributed by atoms with Gasteiger partial charge in [-0.1, -0.05) is 35.3 Å². The average Bonchev–Trinajstić information content (AvgIpc) is 2.67. The summed E-state index contributed by atoms with van der Waals surface area (Å²) in [5.74, 6) is 0. The van der Waals surface area contributed by atoms with Gasteiger partial charge in [0.05, 0.1) is 11.4 Å². The molecule has 3 nitrogen and oxygen atoms in total. The van der Waals surface area contributed by atoms with Gasteiger partial charge in [-0.3, -0.25) is 9.97 Å². The summed E-state index contributed by atoms with van der Waals surface area (Å²) < 4.78 is 6.29. The first-order valence-electron chi connectivity index (χ1n) is 6.90. The van der Waals surface area contributed by atoms with Crippen molar-refractivity contribution in [3.8, 4) is 0 Å². The van der Waals surface area contributed by atoms with Crippen LogP contribution in [0.2, 0.25) is 0 Å². The minimum absolute atomic E-state index is 0.174. The molecule has 2 aliphatic rings. The lowest BCUT2D eigenvalue weighted by Gasteiger charge is -2.51. The minimum atomic E-state index is -1.88. The molecule has 3 heterocycles. The van der Waals surface area contributed by atoms with Gasteiger partial charge in [0, 0.05) is 12.4 Å². The van der Waals surface area contributed by atoms with Crippen LogP contribution < -0.4 is 0 Å². The molecule has 1 saturated carbocycles. The molecule has 6 heteroatoms. The zero-order valence-electron chi connectivity index (χ0n) is 11.6. The highest BCUT2D eigenvalue weighted by Gasteiger charge is 2.71. The Balaban J connectivity index is 1.92. The topological polar surface area (TPSA) is 35.0 Å². The van der Waals surface area contributed by atoms with E-state index in [4.69, 9.17) is 16.3 Å². The van der Waals surface area contributed by atoms with Gasteiger partial charge in [-0.05, 0) is 43.8 Å². The van der Waals surface area contributed by atoms with Crippen molar-refractivity contribution in [2.75, 3.05) is 6.66 Å². The fourth-order valence-corrected chi connectivity index (χ4v) is 10.5. The summed E-state index contributed by atoms with van der Waals surface area (Å²) in [5.41, 5.74) is -0.231. The van der Waals surface area contributed by atoms with Crippen molar-refractivity contribution in [3.63, 3.8) is 0 Å². The van der Waals surface area contributed by atoms with Gasteiger partial charge in [-0.25, -0.2) is 0 Å². The Labute approximate surface area is 133 Å². The fourth-order valence-electron chi connectivity index (χ4n) is 3.37. The molecule has 108 valence electrons. The summed E-state index contributed by atoms with van der Waals surface area (Å²) in [6.07, 6.45) is 5.68. The molecule has 0 aromatic carbocycles. The molecule has 0 N–H and O–H groups in total. The van der Waals surface area contributed by atoms with Crippen molar-refractivity contribution in [1.82, 2.24) is 9.97 Å². The van der Waals surface area contributed by atoms with Crippen LogP contribution in [-0.2, 0) is 26.7 Å². The van der Waals surface area contributed by atoms with Crippen LogP contribution in [0.15, 0.2) is 48.8 Å². The minimum Gasteiger partial charge on any atom is -0.327 e. The maximum atomic E-state index is 6.47. The Morgan fingerprint density at radius 2 is 1.76 bits per heavy atom. The summed E-state index contributed by atoms with van der Waals surface area (Å²) in [7, 11) is 0. The van der Waals surface area contributed by atoms with E-state index < -0.39 is 11.1 Å². The molecular formula is C15H15N2OPS2. The van der Waals surface area contributed by atoms with Crippen LogP contribution in [0.1, 0.15) is 24.2 Å². The molecule has 1 aliphatic carbocycles. The smallest absolute Gasteiger partial charge is 0.137 e. The molecule has 1 unspecified atom stereocenters. The lowest BCUT2D eigenvalue weighted by molar-refractivity contribution is -0.0431. The van der Waals surface area contributed by atoms with Crippen LogP contribution in [0.3, 0.4) is 0 Å². The first-order chi connectivity index (χ1) is 10.1. The van der Waals surface area contributed by atoms with E-state index in [1.54, 1.807) is 0 Å². The number of fused-ring (bicyclic) bond motifs is 1. The summed E-state index contributed by atoms with van der Waals surface area (Å²) in [5, 5.41) is 0. The van der Waals surface area contributed by atoms with Crippen LogP contribution in [0.4, 0.5) is 0 Å². The number of hydrogen-bond donors (Lipinski definition) is 0. The van der Waals surface area contributed by atoms with Crippen molar-refractivity contribution < 1.29 is 4.52 Å². The normalized spacial score (nSPS) is 37.8. The second-order valence-electron chi connectivity index (χ2n) is 5.54. The number of pyridine rings is 2. The highest BCUT2D eigenvalue weighted by Crippen LogP contribution is 2.84. The SMILES string of the molecule is CP1(=S)O[C@@]2(c3ccccn3)CC[C@@]2(c2ccccn2)S1. The Morgan fingerprint density at radius 3 is 2.29 bits per heavy atom. The molecule has 0 bridgehead atoms. The molecule has 3 atom stereocenters. The molecule has 0 radical (unpaired) electrons. The average molecular weight is 334 g/mol. The van der Waals surface area contributed by atoms with Gasteiger partial charge in [-0.15, -0.1) is 0 Å². The van der Waals surface area contributed by atoms with E-state index in [0.717, 1.165) is 24.2 Å². The second kappa shape index (κ2) is 4.63. The number of hydrogen-bond acceptors (Lipinski definition) is 5. The van der Waals surface area contributed by atoms with Crippen molar-refractivity contribution in [2.24, 2.45) is 0 Å². The summed E-state index contributed by atoms with van der Waals surface area (Å²) in [6, 6.07) is 12.1. The van der Waals surface area contributed by atoms with Crippen molar-refractivity contribution >= 4 is 28.7 Å². The monoisotopic (exact) mass is 334 g/mol. The molecule has 2 aromatic heterocycles. The van der Waals surface area contributed by atoms with Crippen LogP contribution in [0.5, 0.6) is 0 Å². The third kappa shape index (κ3) is 1.88. The number of aromatic nitrogens is 2. The summed E-state index contributed by atoms with van der Waals surface area (Å²) in [4.78, 5) is 9.19. The summed E-state index contributed by atoms with van der Waals surface area (Å²) >= 11 is 7.56. The molecule has 4 rings (SSSR count). The third-order valence-electron chi connectivity index (χ3n) is 4.28. The molecule has 1 aliphatic heterocycles. The molecular weight excluding hydrogens is 319 g/mol. The quantitative estimate of drug-likeness (QED) is 0.774. The van der Waals surface area contributed by atoms with E-state index >= 15 is 0 Å². The van der Waals surface area contributed by atoms with E-state index in [1.807, 2.05) is 48.0 Å². The predicted octanol–water partition coefficient (Wildman–Crippen LogP) is 4.06. The van der Waals surface area contributed by atoms with Crippen LogP contribution in [0, 0.1) is 0 Å². The molecule has 1 saturated heterocycles. The van der Waals surface area contributed by atoms with Gasteiger partial charge in [0.25, 0.3) is 0 Å². The third-order valence-corrected chi connectivity index (χ3v) is 9.36. The Morgan fingerprint density at radius 1 is 1.10 bits per heavy atom. The Kier molecular flexibility index (Phi) is 3.06. The van der Waals surface area contributed by atoms with Gasteiger partial charge >= 0.3 is 0 Å². The summed E-state index contributed by atoms with van der Waals surface area (Å²) in [6.45, 7) is 2.07. The zero-order chi connectivity index (χ0) is 14.6. The van der Waals surface area contributed by atoms with Crippen molar-refractivity contribution in [1.29, 1.82) is 0 Å². The fraction of sp³-hybridized carbons (Fsp3) is 0.333.